The second-order valence-corrected chi connectivity index (χ2v) is 5.80. The summed E-state index contributed by atoms with van der Waals surface area (Å²) in [5.74, 6) is -2.45. The molecule has 0 aliphatic carbocycles. The Morgan fingerprint density at radius 1 is 1.08 bits per heavy atom. The van der Waals surface area contributed by atoms with Gasteiger partial charge in [-0.05, 0) is 29.8 Å². The number of benzene rings is 2. The van der Waals surface area contributed by atoms with Crippen LogP contribution in [0.25, 0.3) is 5.69 Å². The lowest BCUT2D eigenvalue weighted by Crippen LogP contribution is -2.25. The first-order valence-electron chi connectivity index (χ1n) is 7.61. The SMILES string of the molecule is O=C1C[C@H](c2ccc(F)cc2F)c2ncn(-c3cccc(F)c3)c2N1. The third-order valence-electron chi connectivity index (χ3n) is 4.20. The molecule has 1 atom stereocenters. The summed E-state index contributed by atoms with van der Waals surface area (Å²) in [7, 11) is 0. The van der Waals surface area contributed by atoms with E-state index in [1.54, 1.807) is 12.1 Å². The van der Waals surface area contributed by atoms with Crippen LogP contribution in [0.4, 0.5) is 19.0 Å². The molecule has 0 spiro atoms. The Kier molecular flexibility index (Phi) is 3.56. The maximum absolute atomic E-state index is 14.2. The number of imidazole rings is 1. The third-order valence-corrected chi connectivity index (χ3v) is 4.20. The predicted molar refractivity (Wildman–Crippen MR) is 85.0 cm³/mol. The van der Waals surface area contributed by atoms with Crippen LogP contribution in [0.2, 0.25) is 0 Å². The average molecular weight is 343 g/mol. The molecule has 126 valence electrons. The van der Waals surface area contributed by atoms with Crippen LogP contribution in [0, 0.1) is 17.5 Å². The molecule has 0 saturated carbocycles. The summed E-state index contributed by atoms with van der Waals surface area (Å²) in [6.07, 6.45) is 1.44. The van der Waals surface area contributed by atoms with E-state index in [1.165, 1.54) is 29.1 Å². The number of carbonyl (C=O) groups excluding carboxylic acids is 1. The van der Waals surface area contributed by atoms with Crippen LogP contribution in [-0.2, 0) is 4.79 Å². The number of hydrogen-bond donors (Lipinski definition) is 1. The van der Waals surface area contributed by atoms with E-state index < -0.39 is 23.4 Å². The Labute approximate surface area is 140 Å². The maximum Gasteiger partial charge on any atom is 0.226 e. The number of carbonyl (C=O) groups is 1. The van der Waals surface area contributed by atoms with Gasteiger partial charge < -0.3 is 5.32 Å². The van der Waals surface area contributed by atoms with Crippen molar-refractivity contribution in [2.45, 2.75) is 12.3 Å². The smallest absolute Gasteiger partial charge is 0.226 e. The number of nitrogens with zero attached hydrogens (tertiary/aromatic N) is 2. The minimum absolute atomic E-state index is 0.00425. The minimum Gasteiger partial charge on any atom is -0.310 e. The Morgan fingerprint density at radius 3 is 2.64 bits per heavy atom. The van der Waals surface area contributed by atoms with Crippen molar-refractivity contribution in [1.29, 1.82) is 0 Å². The monoisotopic (exact) mass is 343 g/mol. The van der Waals surface area contributed by atoms with Crippen LogP contribution in [0.1, 0.15) is 23.6 Å². The molecule has 0 unspecified atom stereocenters. The van der Waals surface area contributed by atoms with Crippen LogP contribution >= 0.6 is 0 Å². The zero-order valence-electron chi connectivity index (χ0n) is 12.8. The second kappa shape index (κ2) is 5.77. The molecule has 7 heteroatoms. The quantitative estimate of drug-likeness (QED) is 0.770. The van der Waals surface area contributed by atoms with Crippen molar-refractivity contribution < 1.29 is 18.0 Å². The van der Waals surface area contributed by atoms with Crippen molar-refractivity contribution in [3.63, 3.8) is 0 Å². The maximum atomic E-state index is 14.2. The molecule has 1 amide bonds. The molecule has 4 nitrogen and oxygen atoms in total. The molecular weight excluding hydrogens is 331 g/mol. The van der Waals surface area contributed by atoms with Crippen LogP contribution in [0.3, 0.4) is 0 Å². The number of anilines is 1. The number of nitrogens with one attached hydrogen (secondary N) is 1. The van der Waals surface area contributed by atoms with Gasteiger partial charge in [0.05, 0.1) is 11.4 Å². The molecule has 25 heavy (non-hydrogen) atoms. The summed E-state index contributed by atoms with van der Waals surface area (Å²) in [5, 5.41) is 2.70. The largest absolute Gasteiger partial charge is 0.310 e. The van der Waals surface area contributed by atoms with E-state index in [1.807, 2.05) is 0 Å². The number of fused-ring (bicyclic) bond motifs is 1. The molecule has 1 aliphatic heterocycles. The summed E-state index contributed by atoms with van der Waals surface area (Å²) >= 11 is 0. The number of amides is 1. The van der Waals surface area contributed by atoms with Crippen molar-refractivity contribution >= 4 is 11.7 Å². The molecule has 3 aromatic rings. The molecular formula is C18H12F3N3O. The van der Waals surface area contributed by atoms with Crippen LogP contribution in [0.5, 0.6) is 0 Å². The highest BCUT2D eigenvalue weighted by atomic mass is 19.1. The van der Waals surface area contributed by atoms with Gasteiger partial charge in [0.15, 0.2) is 0 Å². The molecule has 2 heterocycles. The molecule has 1 aliphatic rings. The van der Waals surface area contributed by atoms with E-state index in [2.05, 4.69) is 10.3 Å². The first-order chi connectivity index (χ1) is 12.0. The predicted octanol–water partition coefficient (Wildman–Crippen LogP) is 3.76. The summed E-state index contributed by atoms with van der Waals surface area (Å²) in [4.78, 5) is 16.4. The van der Waals surface area contributed by atoms with Crippen molar-refractivity contribution in [3.8, 4) is 5.69 Å². The Balaban J connectivity index is 1.84. The van der Waals surface area contributed by atoms with Gasteiger partial charge in [-0.2, -0.15) is 0 Å². The lowest BCUT2D eigenvalue weighted by atomic mass is 9.89. The fourth-order valence-electron chi connectivity index (χ4n) is 3.07. The number of halogens is 3. The van der Waals surface area contributed by atoms with E-state index in [0.717, 1.165) is 12.1 Å². The molecule has 0 saturated heterocycles. The zero-order chi connectivity index (χ0) is 17.6. The number of aromatic nitrogens is 2. The molecule has 1 aromatic heterocycles. The second-order valence-electron chi connectivity index (χ2n) is 5.80. The highest BCUT2D eigenvalue weighted by Crippen LogP contribution is 2.38. The fraction of sp³-hybridized carbons (Fsp3) is 0.111. The third kappa shape index (κ3) is 2.67. The van der Waals surface area contributed by atoms with Gasteiger partial charge in [0.1, 0.15) is 29.6 Å². The van der Waals surface area contributed by atoms with Gasteiger partial charge in [0.25, 0.3) is 0 Å². The van der Waals surface area contributed by atoms with E-state index >= 15 is 0 Å². The number of rotatable bonds is 2. The summed E-state index contributed by atoms with van der Waals surface area (Å²) in [5.41, 5.74) is 1.13. The van der Waals surface area contributed by atoms with Gasteiger partial charge >= 0.3 is 0 Å². The molecule has 0 fully saturated rings. The molecule has 0 radical (unpaired) electrons. The lowest BCUT2D eigenvalue weighted by Gasteiger charge is -2.23. The summed E-state index contributed by atoms with van der Waals surface area (Å²) < 4.78 is 42.4. The first-order valence-corrected chi connectivity index (χ1v) is 7.61. The molecule has 0 bridgehead atoms. The van der Waals surface area contributed by atoms with Gasteiger partial charge in [0.2, 0.25) is 5.91 Å². The standard InChI is InChI=1S/C18H12F3N3O/c19-10-2-1-3-12(6-10)24-9-22-17-14(8-16(25)23-18(17)24)13-5-4-11(20)7-15(13)21/h1-7,9,14H,8H2,(H,23,25)/t14-/m1/s1. The summed E-state index contributed by atoms with van der Waals surface area (Å²) in [6, 6.07) is 9.06. The van der Waals surface area contributed by atoms with Crippen molar-refractivity contribution in [1.82, 2.24) is 9.55 Å². The van der Waals surface area contributed by atoms with Crippen LogP contribution in [-0.4, -0.2) is 15.5 Å². The van der Waals surface area contributed by atoms with Gasteiger partial charge in [-0.25, -0.2) is 18.2 Å². The minimum atomic E-state index is -0.731. The Hall–Kier alpha value is -3.09. The Bertz CT molecular complexity index is 983. The van der Waals surface area contributed by atoms with Crippen molar-refractivity contribution in [2.24, 2.45) is 0 Å². The highest BCUT2D eigenvalue weighted by molar-refractivity contribution is 5.94. The van der Waals surface area contributed by atoms with E-state index in [4.69, 9.17) is 0 Å². The lowest BCUT2D eigenvalue weighted by molar-refractivity contribution is -0.116. The topological polar surface area (TPSA) is 46.9 Å². The van der Waals surface area contributed by atoms with Gasteiger partial charge in [-0.15, -0.1) is 0 Å². The van der Waals surface area contributed by atoms with E-state index in [9.17, 15) is 18.0 Å². The molecule has 4 rings (SSSR count). The average Bonchev–Trinajstić information content (AvgIpc) is 2.98. The fourth-order valence-corrected chi connectivity index (χ4v) is 3.07. The van der Waals surface area contributed by atoms with Crippen molar-refractivity contribution in [2.75, 3.05) is 5.32 Å². The van der Waals surface area contributed by atoms with Gasteiger partial charge in [0, 0.05) is 18.4 Å². The first kappa shape index (κ1) is 15.4. The molecule has 2 aromatic carbocycles. The number of hydrogen-bond acceptors (Lipinski definition) is 2. The van der Waals surface area contributed by atoms with Crippen LogP contribution < -0.4 is 5.32 Å². The van der Waals surface area contributed by atoms with Crippen molar-refractivity contribution in [3.05, 3.63) is 77.5 Å². The van der Waals surface area contributed by atoms with E-state index in [-0.39, 0.29) is 17.9 Å². The Morgan fingerprint density at radius 2 is 1.88 bits per heavy atom. The highest BCUT2D eigenvalue weighted by Gasteiger charge is 2.32. The normalized spacial score (nSPS) is 16.4. The van der Waals surface area contributed by atoms with Crippen LogP contribution in [0.15, 0.2) is 48.8 Å². The zero-order valence-corrected chi connectivity index (χ0v) is 12.8. The van der Waals surface area contributed by atoms with Gasteiger partial charge in [-0.3, -0.25) is 9.36 Å². The summed E-state index contributed by atoms with van der Waals surface area (Å²) in [6.45, 7) is 0. The van der Waals surface area contributed by atoms with Gasteiger partial charge in [-0.1, -0.05) is 12.1 Å². The van der Waals surface area contributed by atoms with E-state index in [0.29, 0.717) is 17.2 Å². The molecule has 1 N–H and O–H groups in total.